The Morgan fingerprint density at radius 3 is 2.46 bits per heavy atom. The number of benzene rings is 2. The zero-order valence-corrected chi connectivity index (χ0v) is 13.4. The van der Waals surface area contributed by atoms with Crippen LogP contribution < -0.4 is 0 Å². The molecule has 128 valence electrons. The summed E-state index contributed by atoms with van der Waals surface area (Å²) >= 11 is -0.309. The second-order valence-electron chi connectivity index (χ2n) is 4.95. The van der Waals surface area contributed by atoms with E-state index in [4.69, 9.17) is 4.74 Å². The van der Waals surface area contributed by atoms with Crippen LogP contribution in [0.25, 0.3) is 0 Å². The smallest absolute Gasteiger partial charge is 0.446 e. The number of alkyl halides is 3. The van der Waals surface area contributed by atoms with Crippen molar-refractivity contribution in [2.75, 3.05) is 0 Å². The van der Waals surface area contributed by atoms with Crippen molar-refractivity contribution < 1.29 is 27.8 Å². The molecular weight excluding hydrogens is 341 g/mol. The predicted molar refractivity (Wildman–Crippen MR) is 84.6 cm³/mol. The first-order chi connectivity index (χ1) is 11.3. The topological polar surface area (TPSA) is 46.5 Å². The lowest BCUT2D eigenvalue weighted by Gasteiger charge is -2.12. The van der Waals surface area contributed by atoms with E-state index in [0.29, 0.717) is 0 Å². The summed E-state index contributed by atoms with van der Waals surface area (Å²) in [5, 5.41) is 9.78. The number of phenols is 1. The Morgan fingerprint density at radius 1 is 1.08 bits per heavy atom. The first kappa shape index (κ1) is 18.2. The normalized spacial score (nSPS) is 11.3. The van der Waals surface area contributed by atoms with Crippen molar-refractivity contribution >= 4 is 17.7 Å². The minimum Gasteiger partial charge on any atom is -0.508 e. The molecular formula is C17H15F3O3S. The average molecular weight is 356 g/mol. The van der Waals surface area contributed by atoms with Crippen molar-refractivity contribution in [2.24, 2.45) is 0 Å². The van der Waals surface area contributed by atoms with Gasteiger partial charge in [-0.2, -0.15) is 13.2 Å². The Hall–Kier alpha value is -2.15. The van der Waals surface area contributed by atoms with Gasteiger partial charge in [-0.05, 0) is 35.9 Å². The fourth-order valence-electron chi connectivity index (χ4n) is 2.06. The highest BCUT2D eigenvalue weighted by molar-refractivity contribution is 8.00. The maximum Gasteiger partial charge on any atom is 0.446 e. The predicted octanol–water partition coefficient (Wildman–Crippen LogP) is 4.68. The lowest BCUT2D eigenvalue weighted by Crippen LogP contribution is -2.07. The highest BCUT2D eigenvalue weighted by Gasteiger charge is 2.31. The van der Waals surface area contributed by atoms with Crippen LogP contribution in [-0.4, -0.2) is 16.6 Å². The van der Waals surface area contributed by atoms with Crippen molar-refractivity contribution in [3.63, 3.8) is 0 Å². The summed E-state index contributed by atoms with van der Waals surface area (Å²) in [4.78, 5) is 11.7. The third kappa shape index (κ3) is 5.81. The number of aromatic hydroxyl groups is 1. The van der Waals surface area contributed by atoms with Gasteiger partial charge in [0.2, 0.25) is 0 Å². The van der Waals surface area contributed by atoms with Crippen LogP contribution in [0.15, 0.2) is 53.4 Å². The number of carbonyl (C=O) groups excluding carboxylic acids is 1. The van der Waals surface area contributed by atoms with Crippen molar-refractivity contribution in [1.82, 2.24) is 0 Å². The molecule has 0 aromatic heterocycles. The van der Waals surface area contributed by atoms with Crippen LogP contribution in [0.1, 0.15) is 17.5 Å². The van der Waals surface area contributed by atoms with Crippen LogP contribution in [0.4, 0.5) is 13.2 Å². The number of rotatable bonds is 6. The molecule has 0 spiro atoms. The monoisotopic (exact) mass is 356 g/mol. The van der Waals surface area contributed by atoms with Gasteiger partial charge in [-0.25, -0.2) is 0 Å². The Bertz CT molecular complexity index is 687. The van der Waals surface area contributed by atoms with E-state index >= 15 is 0 Å². The van der Waals surface area contributed by atoms with Crippen LogP contribution in [0, 0.1) is 0 Å². The maximum atomic E-state index is 12.6. The molecule has 0 fully saturated rings. The third-order valence-corrected chi connectivity index (χ3v) is 3.99. The SMILES string of the molecule is O=C(CCc1c(O)cccc1SC(F)(F)F)OCc1ccccc1. The molecule has 0 atom stereocenters. The Labute approximate surface area is 141 Å². The molecule has 0 heterocycles. The molecule has 3 nitrogen and oxygen atoms in total. The first-order valence-corrected chi connectivity index (χ1v) is 7.93. The summed E-state index contributed by atoms with van der Waals surface area (Å²) in [6.07, 6.45) is -0.144. The number of carbonyl (C=O) groups is 1. The molecule has 7 heteroatoms. The van der Waals surface area contributed by atoms with Gasteiger partial charge in [0.15, 0.2) is 0 Å². The van der Waals surface area contributed by atoms with E-state index in [2.05, 4.69) is 0 Å². The second kappa shape index (κ2) is 8.10. The standard InChI is InChI=1S/C17H15F3O3S/c18-17(19,20)24-15-8-4-7-14(21)13(15)9-10-16(22)23-11-12-5-2-1-3-6-12/h1-8,21H,9-11H2. The van der Waals surface area contributed by atoms with Crippen LogP contribution >= 0.6 is 11.8 Å². The quantitative estimate of drug-likeness (QED) is 0.603. The summed E-state index contributed by atoms with van der Waals surface area (Å²) in [5.74, 6) is -0.801. The van der Waals surface area contributed by atoms with Crippen LogP contribution in [0.3, 0.4) is 0 Å². The molecule has 2 aromatic rings. The van der Waals surface area contributed by atoms with E-state index in [1.165, 1.54) is 18.2 Å². The lowest BCUT2D eigenvalue weighted by atomic mass is 10.1. The van der Waals surface area contributed by atoms with Gasteiger partial charge in [0.25, 0.3) is 0 Å². The van der Waals surface area contributed by atoms with Gasteiger partial charge in [0.1, 0.15) is 12.4 Å². The molecule has 0 saturated carbocycles. The molecule has 0 aliphatic rings. The van der Waals surface area contributed by atoms with Crippen molar-refractivity contribution in [3.05, 3.63) is 59.7 Å². The zero-order chi connectivity index (χ0) is 17.6. The molecule has 0 unspecified atom stereocenters. The molecule has 2 aromatic carbocycles. The molecule has 0 saturated heterocycles. The van der Waals surface area contributed by atoms with E-state index in [1.807, 2.05) is 18.2 Å². The van der Waals surface area contributed by atoms with Crippen LogP contribution in [0.2, 0.25) is 0 Å². The van der Waals surface area contributed by atoms with Gasteiger partial charge >= 0.3 is 11.5 Å². The summed E-state index contributed by atoms with van der Waals surface area (Å²) in [5.41, 5.74) is -3.55. The van der Waals surface area contributed by atoms with Crippen LogP contribution in [-0.2, 0) is 22.6 Å². The fourth-order valence-corrected chi connectivity index (χ4v) is 2.79. The number of phenolic OH excluding ortho intramolecular Hbond substituents is 1. The summed E-state index contributed by atoms with van der Waals surface area (Å²) < 4.78 is 42.7. The Balaban J connectivity index is 1.94. The third-order valence-electron chi connectivity index (χ3n) is 3.16. The molecule has 0 radical (unpaired) electrons. The molecule has 0 aliphatic carbocycles. The summed E-state index contributed by atoms with van der Waals surface area (Å²) in [6.45, 7) is 0.102. The van der Waals surface area contributed by atoms with Gasteiger partial charge in [0, 0.05) is 16.9 Å². The Kier molecular flexibility index (Phi) is 6.14. The van der Waals surface area contributed by atoms with Gasteiger partial charge in [0.05, 0.1) is 0 Å². The molecule has 2 rings (SSSR count). The van der Waals surface area contributed by atoms with Crippen molar-refractivity contribution in [2.45, 2.75) is 29.9 Å². The summed E-state index contributed by atoms with van der Waals surface area (Å²) in [6, 6.07) is 13.0. The number of hydrogen-bond acceptors (Lipinski definition) is 4. The van der Waals surface area contributed by atoms with Gasteiger partial charge < -0.3 is 9.84 Å². The zero-order valence-electron chi connectivity index (χ0n) is 12.5. The fraction of sp³-hybridized carbons (Fsp3) is 0.235. The molecule has 0 aliphatic heterocycles. The van der Waals surface area contributed by atoms with Crippen molar-refractivity contribution in [3.8, 4) is 5.75 Å². The van der Waals surface area contributed by atoms with E-state index in [9.17, 15) is 23.1 Å². The number of thioether (sulfide) groups is 1. The minimum atomic E-state index is -4.46. The van der Waals surface area contributed by atoms with Gasteiger partial charge in [-0.15, -0.1) is 0 Å². The van der Waals surface area contributed by atoms with Crippen LogP contribution in [0.5, 0.6) is 5.75 Å². The second-order valence-corrected chi connectivity index (χ2v) is 6.05. The highest BCUT2D eigenvalue weighted by atomic mass is 32.2. The number of halogens is 3. The number of ether oxygens (including phenoxy) is 1. The van der Waals surface area contributed by atoms with E-state index < -0.39 is 11.5 Å². The summed E-state index contributed by atoms with van der Waals surface area (Å²) in [7, 11) is 0. The van der Waals surface area contributed by atoms with E-state index in [-0.39, 0.29) is 47.4 Å². The largest absolute Gasteiger partial charge is 0.508 e. The molecule has 24 heavy (non-hydrogen) atoms. The van der Waals surface area contributed by atoms with E-state index in [0.717, 1.165) is 5.56 Å². The molecule has 1 N–H and O–H groups in total. The minimum absolute atomic E-state index is 0.0291. The molecule has 0 amide bonds. The number of hydrogen-bond donors (Lipinski definition) is 1. The number of esters is 1. The van der Waals surface area contributed by atoms with Crippen molar-refractivity contribution in [1.29, 1.82) is 0 Å². The first-order valence-electron chi connectivity index (χ1n) is 7.11. The van der Waals surface area contributed by atoms with Gasteiger partial charge in [-0.1, -0.05) is 36.4 Å². The van der Waals surface area contributed by atoms with E-state index in [1.54, 1.807) is 12.1 Å². The maximum absolute atomic E-state index is 12.6. The molecule has 0 bridgehead atoms. The van der Waals surface area contributed by atoms with Gasteiger partial charge in [-0.3, -0.25) is 4.79 Å². The highest BCUT2D eigenvalue weighted by Crippen LogP contribution is 2.41. The Morgan fingerprint density at radius 2 is 1.79 bits per heavy atom. The lowest BCUT2D eigenvalue weighted by molar-refractivity contribution is -0.144. The average Bonchev–Trinajstić information content (AvgIpc) is 2.52.